The second-order valence-electron chi connectivity index (χ2n) is 8.63. The van der Waals surface area contributed by atoms with Crippen LogP contribution in [0.1, 0.15) is 41.4 Å². The fourth-order valence-electron chi connectivity index (χ4n) is 5.27. The summed E-state index contributed by atoms with van der Waals surface area (Å²) in [5.74, 6) is 2.03. The van der Waals surface area contributed by atoms with Crippen LogP contribution in [0.25, 0.3) is 0 Å². The van der Waals surface area contributed by atoms with Crippen molar-refractivity contribution in [3.05, 3.63) is 53.5 Å². The van der Waals surface area contributed by atoms with Crippen molar-refractivity contribution in [2.75, 3.05) is 31.1 Å². The summed E-state index contributed by atoms with van der Waals surface area (Å²) in [5, 5.41) is 3.50. The van der Waals surface area contributed by atoms with Gasteiger partial charge in [0.1, 0.15) is 0 Å². The molecule has 0 saturated carbocycles. The predicted octanol–water partition coefficient (Wildman–Crippen LogP) is 3.30. The van der Waals surface area contributed by atoms with E-state index in [1.54, 1.807) is 6.26 Å². The first-order valence-electron chi connectivity index (χ1n) is 10.6. The molecule has 1 aromatic carbocycles. The van der Waals surface area contributed by atoms with E-state index in [1.807, 2.05) is 11.0 Å². The summed E-state index contributed by atoms with van der Waals surface area (Å²) in [6.07, 6.45) is 4.91. The number of anilines is 1. The quantitative estimate of drug-likeness (QED) is 0.889. The van der Waals surface area contributed by atoms with Crippen LogP contribution in [-0.2, 0) is 13.0 Å². The summed E-state index contributed by atoms with van der Waals surface area (Å²) < 4.78 is 5.72. The van der Waals surface area contributed by atoms with E-state index < -0.39 is 0 Å². The smallest absolute Gasteiger partial charge is 0.289 e. The normalized spacial score (nSPS) is 26.8. The molecule has 3 aliphatic heterocycles. The van der Waals surface area contributed by atoms with Crippen molar-refractivity contribution >= 4 is 11.6 Å². The minimum Gasteiger partial charge on any atom is -0.459 e. The van der Waals surface area contributed by atoms with Gasteiger partial charge in [-0.1, -0.05) is 18.2 Å². The second kappa shape index (κ2) is 7.28. The number of amides is 1. The summed E-state index contributed by atoms with van der Waals surface area (Å²) in [6, 6.07) is 11.0. The van der Waals surface area contributed by atoms with E-state index in [-0.39, 0.29) is 5.91 Å². The van der Waals surface area contributed by atoms with Gasteiger partial charge in [-0.25, -0.2) is 0 Å². The third-order valence-corrected chi connectivity index (χ3v) is 6.94. The Balaban J connectivity index is 1.33. The van der Waals surface area contributed by atoms with Gasteiger partial charge < -0.3 is 19.5 Å². The van der Waals surface area contributed by atoms with E-state index in [0.717, 1.165) is 69.4 Å². The molecular formula is C23H29N3O2. The van der Waals surface area contributed by atoms with Gasteiger partial charge in [-0.15, -0.1) is 0 Å². The zero-order chi connectivity index (χ0) is 19.1. The molecule has 0 radical (unpaired) electrons. The van der Waals surface area contributed by atoms with E-state index in [4.69, 9.17) is 4.42 Å². The van der Waals surface area contributed by atoms with Crippen molar-refractivity contribution in [1.82, 2.24) is 10.2 Å². The Bertz CT molecular complexity index is 847. The van der Waals surface area contributed by atoms with Crippen LogP contribution in [-0.4, -0.2) is 43.0 Å². The number of nitrogens with one attached hydrogen (secondary N) is 1. The van der Waals surface area contributed by atoms with Gasteiger partial charge in [0.25, 0.3) is 5.91 Å². The lowest BCUT2D eigenvalue weighted by atomic mass is 9.92. The lowest BCUT2D eigenvalue weighted by molar-refractivity contribution is 0.0725. The van der Waals surface area contributed by atoms with Crippen molar-refractivity contribution in [2.45, 2.75) is 38.8 Å². The Hall–Kier alpha value is -2.27. The number of benzene rings is 1. The van der Waals surface area contributed by atoms with E-state index in [1.165, 1.54) is 11.3 Å². The topological polar surface area (TPSA) is 48.7 Å². The average Bonchev–Trinajstić information content (AvgIpc) is 3.39. The van der Waals surface area contributed by atoms with Gasteiger partial charge in [0.05, 0.1) is 6.26 Å². The molecule has 4 heterocycles. The number of para-hydroxylation sites is 1. The fraction of sp³-hybridized carbons (Fsp3) is 0.522. The number of hydrogen-bond acceptors (Lipinski definition) is 4. The number of carbonyl (C=O) groups excluding carboxylic acids is 1. The second-order valence-corrected chi connectivity index (χ2v) is 8.63. The van der Waals surface area contributed by atoms with Crippen molar-refractivity contribution in [2.24, 2.45) is 11.8 Å². The van der Waals surface area contributed by atoms with Gasteiger partial charge >= 0.3 is 0 Å². The largest absolute Gasteiger partial charge is 0.459 e. The Labute approximate surface area is 166 Å². The molecule has 1 N–H and O–H groups in total. The summed E-state index contributed by atoms with van der Waals surface area (Å²) >= 11 is 0. The molecule has 1 amide bonds. The number of carbonyl (C=O) groups is 1. The maximum absolute atomic E-state index is 13.3. The van der Waals surface area contributed by atoms with Crippen molar-refractivity contribution in [3.63, 3.8) is 0 Å². The zero-order valence-corrected chi connectivity index (χ0v) is 16.6. The van der Waals surface area contributed by atoms with Gasteiger partial charge in [0.2, 0.25) is 0 Å². The number of fused-ring (bicyclic) bond motifs is 2. The van der Waals surface area contributed by atoms with Gasteiger partial charge in [0, 0.05) is 36.9 Å². The average molecular weight is 380 g/mol. The maximum atomic E-state index is 13.3. The maximum Gasteiger partial charge on any atom is 0.289 e. The van der Waals surface area contributed by atoms with E-state index in [0.29, 0.717) is 11.8 Å². The Morgan fingerprint density at radius 3 is 2.68 bits per heavy atom. The van der Waals surface area contributed by atoms with Crippen LogP contribution in [0.5, 0.6) is 0 Å². The van der Waals surface area contributed by atoms with Crippen molar-refractivity contribution in [3.8, 4) is 0 Å². The number of furan rings is 1. The highest BCUT2D eigenvalue weighted by Crippen LogP contribution is 2.34. The molecular weight excluding hydrogens is 350 g/mol. The molecule has 3 atom stereocenters. The molecule has 1 aromatic heterocycles. The van der Waals surface area contributed by atoms with Crippen molar-refractivity contribution < 1.29 is 9.21 Å². The molecule has 1 unspecified atom stereocenters. The Kier molecular flexibility index (Phi) is 4.63. The van der Waals surface area contributed by atoms with Crippen LogP contribution in [0.4, 0.5) is 5.69 Å². The van der Waals surface area contributed by atoms with Gasteiger partial charge in [-0.05, 0) is 68.8 Å². The molecule has 148 valence electrons. The van der Waals surface area contributed by atoms with Crippen LogP contribution < -0.4 is 10.2 Å². The molecule has 0 bridgehead atoms. The monoisotopic (exact) mass is 379 g/mol. The van der Waals surface area contributed by atoms with Gasteiger partial charge in [-0.3, -0.25) is 4.79 Å². The first-order chi connectivity index (χ1) is 13.7. The van der Waals surface area contributed by atoms with Crippen LogP contribution >= 0.6 is 0 Å². The van der Waals surface area contributed by atoms with Gasteiger partial charge in [-0.2, -0.15) is 0 Å². The summed E-state index contributed by atoms with van der Waals surface area (Å²) in [4.78, 5) is 17.7. The predicted molar refractivity (Wildman–Crippen MR) is 109 cm³/mol. The Morgan fingerprint density at radius 1 is 1.14 bits per heavy atom. The van der Waals surface area contributed by atoms with E-state index in [2.05, 4.69) is 41.4 Å². The first kappa shape index (κ1) is 17.8. The molecule has 5 heteroatoms. The highest BCUT2D eigenvalue weighted by atomic mass is 16.3. The van der Waals surface area contributed by atoms with Crippen LogP contribution in [0.2, 0.25) is 0 Å². The molecule has 0 aliphatic carbocycles. The van der Waals surface area contributed by atoms with Crippen LogP contribution in [0.15, 0.2) is 41.0 Å². The molecule has 2 saturated heterocycles. The SMILES string of the molecule is CC1Cc2ccccc2N1Cc1ccoc1C(=O)N1CC[C@@H]2CNC[C@@H]2CC1. The van der Waals surface area contributed by atoms with Crippen LogP contribution in [0.3, 0.4) is 0 Å². The molecule has 2 aromatic rings. The summed E-state index contributed by atoms with van der Waals surface area (Å²) in [7, 11) is 0. The highest BCUT2D eigenvalue weighted by molar-refractivity contribution is 5.93. The summed E-state index contributed by atoms with van der Waals surface area (Å²) in [5.41, 5.74) is 3.67. The number of likely N-dealkylation sites (tertiary alicyclic amines) is 1. The fourth-order valence-corrected chi connectivity index (χ4v) is 5.27. The molecule has 28 heavy (non-hydrogen) atoms. The number of hydrogen-bond donors (Lipinski definition) is 1. The standard InChI is InChI=1S/C23H29N3O2/c1-16-12-17-4-2-3-5-21(17)26(16)15-20-8-11-28-22(20)23(27)25-9-6-18-13-24-14-19(18)7-10-25/h2-5,8,11,16,18-19,24H,6-7,9-10,12-15H2,1H3/t16?,18-,19+. The molecule has 3 aliphatic rings. The lowest BCUT2D eigenvalue weighted by Crippen LogP contribution is -2.34. The Morgan fingerprint density at radius 2 is 1.89 bits per heavy atom. The van der Waals surface area contributed by atoms with Crippen LogP contribution in [0, 0.1) is 11.8 Å². The highest BCUT2D eigenvalue weighted by Gasteiger charge is 2.33. The third-order valence-electron chi connectivity index (χ3n) is 6.94. The molecule has 5 nitrogen and oxygen atoms in total. The molecule has 2 fully saturated rings. The van der Waals surface area contributed by atoms with E-state index in [9.17, 15) is 4.79 Å². The van der Waals surface area contributed by atoms with E-state index >= 15 is 0 Å². The zero-order valence-electron chi connectivity index (χ0n) is 16.6. The van der Waals surface area contributed by atoms with Crippen molar-refractivity contribution in [1.29, 1.82) is 0 Å². The number of nitrogens with zero attached hydrogens (tertiary/aromatic N) is 2. The number of rotatable bonds is 3. The van der Waals surface area contributed by atoms with Gasteiger partial charge in [0.15, 0.2) is 5.76 Å². The minimum atomic E-state index is 0.0630. The molecule has 0 spiro atoms. The first-order valence-corrected chi connectivity index (χ1v) is 10.6. The molecule has 5 rings (SSSR count). The summed E-state index contributed by atoms with van der Waals surface area (Å²) in [6.45, 7) is 6.85. The minimum absolute atomic E-state index is 0.0630. The lowest BCUT2D eigenvalue weighted by Gasteiger charge is -2.25. The third kappa shape index (κ3) is 3.12.